The van der Waals surface area contributed by atoms with E-state index >= 15 is 0 Å². The molecule has 128 valence electrons. The molecule has 0 radical (unpaired) electrons. The minimum atomic E-state index is -0.878. The molecule has 0 unspecified atom stereocenters. The second-order valence-electron chi connectivity index (χ2n) is 6.86. The van der Waals surface area contributed by atoms with Gasteiger partial charge < -0.3 is 19.1 Å². The monoisotopic (exact) mass is 330 g/mol. The summed E-state index contributed by atoms with van der Waals surface area (Å²) in [5, 5.41) is 0. The first kappa shape index (κ1) is 17.0. The zero-order valence-corrected chi connectivity index (χ0v) is 14.5. The summed E-state index contributed by atoms with van der Waals surface area (Å²) in [6, 6.07) is 10.2. The van der Waals surface area contributed by atoms with Gasteiger partial charge in [-0.1, -0.05) is 30.3 Å². The van der Waals surface area contributed by atoms with E-state index in [-0.39, 0.29) is 17.6 Å². The van der Waals surface area contributed by atoms with Crippen molar-refractivity contribution in [2.75, 3.05) is 28.2 Å². The highest BCUT2D eigenvalue weighted by Crippen LogP contribution is 2.56. The van der Waals surface area contributed by atoms with E-state index in [1.54, 1.807) is 28.2 Å². The molecule has 7 heteroatoms. The first-order valence-corrected chi connectivity index (χ1v) is 8.18. The van der Waals surface area contributed by atoms with Gasteiger partial charge in [0.05, 0.1) is 0 Å². The maximum Gasteiger partial charge on any atom is 0.462 e. The lowest BCUT2D eigenvalue weighted by Gasteiger charge is -2.22. The van der Waals surface area contributed by atoms with Crippen LogP contribution in [-0.4, -0.2) is 69.1 Å². The highest BCUT2D eigenvalue weighted by molar-refractivity contribution is 6.49. The van der Waals surface area contributed by atoms with Crippen LogP contribution in [0.25, 0.3) is 0 Å². The Morgan fingerprint density at radius 2 is 1.46 bits per heavy atom. The average Bonchev–Trinajstić information content (AvgIpc) is 3.25. The Morgan fingerprint density at radius 1 is 0.958 bits per heavy atom. The van der Waals surface area contributed by atoms with Gasteiger partial charge in [0, 0.05) is 34.0 Å². The molecular formula is C17H23BN2O4. The van der Waals surface area contributed by atoms with Gasteiger partial charge >= 0.3 is 7.12 Å². The number of hydrogen-bond acceptors (Lipinski definition) is 4. The quantitative estimate of drug-likeness (QED) is 0.773. The first-order chi connectivity index (χ1) is 11.4. The largest absolute Gasteiger partial charge is 0.462 e. The third kappa shape index (κ3) is 3.19. The highest BCUT2D eigenvalue weighted by atomic mass is 16.7. The van der Waals surface area contributed by atoms with Gasteiger partial charge in [-0.3, -0.25) is 9.59 Å². The summed E-state index contributed by atoms with van der Waals surface area (Å²) >= 11 is 0. The molecule has 2 amide bonds. The minimum Gasteiger partial charge on any atom is -0.396 e. The fourth-order valence-corrected chi connectivity index (χ4v) is 3.15. The second-order valence-corrected chi connectivity index (χ2v) is 6.86. The van der Waals surface area contributed by atoms with Crippen LogP contribution in [0.3, 0.4) is 0 Å². The molecule has 1 aromatic carbocycles. The molecule has 6 nitrogen and oxygen atoms in total. The normalized spacial score (nSPS) is 28.6. The topological polar surface area (TPSA) is 59.1 Å². The predicted molar refractivity (Wildman–Crippen MR) is 90.4 cm³/mol. The van der Waals surface area contributed by atoms with Gasteiger partial charge in [0.15, 0.2) is 12.2 Å². The lowest BCUT2D eigenvalue weighted by Crippen LogP contribution is -2.47. The Hall–Kier alpha value is -1.86. The first-order valence-electron chi connectivity index (χ1n) is 8.18. The van der Waals surface area contributed by atoms with E-state index < -0.39 is 19.3 Å². The Balaban J connectivity index is 1.73. The summed E-state index contributed by atoms with van der Waals surface area (Å²) in [5.74, 6) is 0.0635. The number of benzene rings is 1. The number of carbonyl (C=O) groups is 2. The van der Waals surface area contributed by atoms with Crippen molar-refractivity contribution < 1.29 is 18.9 Å². The Bertz CT molecular complexity index is 594. The van der Waals surface area contributed by atoms with Crippen LogP contribution in [0.1, 0.15) is 17.9 Å². The maximum absolute atomic E-state index is 12.4. The van der Waals surface area contributed by atoms with Gasteiger partial charge in [-0.05, 0) is 17.9 Å². The molecule has 3 rings (SSSR count). The van der Waals surface area contributed by atoms with Crippen molar-refractivity contribution in [3.63, 3.8) is 0 Å². The van der Waals surface area contributed by atoms with Crippen LogP contribution in [0.15, 0.2) is 30.3 Å². The van der Waals surface area contributed by atoms with Crippen LogP contribution < -0.4 is 0 Å². The molecule has 24 heavy (non-hydrogen) atoms. The summed E-state index contributed by atoms with van der Waals surface area (Å²) < 4.78 is 11.8. The van der Waals surface area contributed by atoms with Crippen LogP contribution in [0.2, 0.25) is 5.82 Å². The summed E-state index contributed by atoms with van der Waals surface area (Å²) in [7, 11) is 6.10. The van der Waals surface area contributed by atoms with Crippen LogP contribution in [0.4, 0.5) is 0 Å². The number of likely N-dealkylation sites (N-methyl/N-ethyl adjacent to an activating group) is 2. The van der Waals surface area contributed by atoms with Crippen molar-refractivity contribution in [3.05, 3.63) is 35.9 Å². The molecule has 0 spiro atoms. The molecule has 1 aromatic rings. The second kappa shape index (κ2) is 6.57. The third-order valence-corrected chi connectivity index (χ3v) is 4.62. The van der Waals surface area contributed by atoms with Gasteiger partial charge in [0.25, 0.3) is 11.8 Å². The van der Waals surface area contributed by atoms with E-state index in [1.165, 1.54) is 15.4 Å². The van der Waals surface area contributed by atoms with Crippen LogP contribution >= 0.6 is 0 Å². The molecule has 2 aliphatic rings. The van der Waals surface area contributed by atoms with Gasteiger partial charge in [0.2, 0.25) is 0 Å². The average molecular weight is 330 g/mol. The standard InChI is InChI=1S/C17H23BN2O4/c1-19(2)16(21)14-15(17(22)20(3)4)24-18(23-14)13-10-12(13)11-8-6-5-7-9-11/h5-9,12-15H,10H2,1-4H3/t12-,13+,14+,15+/m0/s1. The molecule has 1 saturated carbocycles. The lowest BCUT2D eigenvalue weighted by molar-refractivity contribution is -0.146. The van der Waals surface area contributed by atoms with E-state index in [2.05, 4.69) is 12.1 Å². The molecule has 4 atom stereocenters. The minimum absolute atomic E-state index is 0.185. The number of nitrogens with zero attached hydrogens (tertiary/aromatic N) is 2. The Labute approximate surface area is 142 Å². The van der Waals surface area contributed by atoms with Gasteiger partial charge in [-0.25, -0.2) is 0 Å². The molecule has 2 fully saturated rings. The van der Waals surface area contributed by atoms with Gasteiger partial charge in [-0.15, -0.1) is 0 Å². The van der Waals surface area contributed by atoms with Crippen molar-refractivity contribution in [1.29, 1.82) is 0 Å². The molecule has 1 aliphatic carbocycles. The van der Waals surface area contributed by atoms with Crippen molar-refractivity contribution in [2.24, 2.45) is 0 Å². The molecule has 0 aromatic heterocycles. The number of amides is 2. The zero-order chi connectivity index (χ0) is 17.4. The predicted octanol–water partition coefficient (Wildman–Crippen LogP) is 0.993. The summed E-state index contributed by atoms with van der Waals surface area (Å²) in [4.78, 5) is 27.6. The van der Waals surface area contributed by atoms with Crippen molar-refractivity contribution in [2.45, 2.75) is 30.4 Å². The summed E-state index contributed by atoms with van der Waals surface area (Å²) in [6.07, 6.45) is -0.811. The molecular weight excluding hydrogens is 307 g/mol. The highest BCUT2D eigenvalue weighted by Gasteiger charge is 2.58. The smallest absolute Gasteiger partial charge is 0.396 e. The fourth-order valence-electron chi connectivity index (χ4n) is 3.15. The number of rotatable bonds is 4. The van der Waals surface area contributed by atoms with Gasteiger partial charge in [-0.2, -0.15) is 0 Å². The molecule has 0 bridgehead atoms. The maximum atomic E-state index is 12.4. The zero-order valence-electron chi connectivity index (χ0n) is 14.5. The number of hydrogen-bond donors (Lipinski definition) is 0. The molecule has 1 saturated heterocycles. The lowest BCUT2D eigenvalue weighted by atomic mass is 9.80. The van der Waals surface area contributed by atoms with Crippen LogP contribution in [0.5, 0.6) is 0 Å². The van der Waals surface area contributed by atoms with Crippen molar-refractivity contribution in [1.82, 2.24) is 9.80 Å². The Morgan fingerprint density at radius 3 is 1.92 bits per heavy atom. The van der Waals surface area contributed by atoms with Crippen LogP contribution in [-0.2, 0) is 18.9 Å². The number of carbonyl (C=O) groups excluding carboxylic acids is 2. The van der Waals surface area contributed by atoms with E-state index in [0.717, 1.165) is 6.42 Å². The van der Waals surface area contributed by atoms with Crippen molar-refractivity contribution >= 4 is 18.9 Å². The van der Waals surface area contributed by atoms with Crippen LogP contribution in [0, 0.1) is 0 Å². The SMILES string of the molecule is CN(C)C(=O)[C@@H]1OB([C@@H]2C[C@H]2c2ccccc2)O[C@H]1C(=O)N(C)C. The summed E-state index contributed by atoms with van der Waals surface area (Å²) in [6.45, 7) is 0. The summed E-state index contributed by atoms with van der Waals surface area (Å²) in [5.41, 5.74) is 1.24. The fraction of sp³-hybridized carbons (Fsp3) is 0.529. The molecule has 1 heterocycles. The van der Waals surface area contributed by atoms with Gasteiger partial charge in [0.1, 0.15) is 0 Å². The molecule has 0 N–H and O–H groups in total. The Kier molecular flexibility index (Phi) is 4.65. The van der Waals surface area contributed by atoms with E-state index in [1.807, 2.05) is 18.2 Å². The van der Waals surface area contributed by atoms with E-state index in [9.17, 15) is 9.59 Å². The van der Waals surface area contributed by atoms with E-state index in [0.29, 0.717) is 5.92 Å². The van der Waals surface area contributed by atoms with Crippen molar-refractivity contribution in [3.8, 4) is 0 Å². The molecule has 1 aliphatic heterocycles. The third-order valence-electron chi connectivity index (χ3n) is 4.62. The van der Waals surface area contributed by atoms with E-state index in [4.69, 9.17) is 9.31 Å².